The SMILES string of the molecule is O=C(Nc1ccc(Nc2ccccc2)cc1)C1CCN(C(=O)c2ccc(C(F)(F)F)cc2)CC1. The van der Waals surface area contributed by atoms with Crippen LogP contribution in [0.25, 0.3) is 0 Å². The third kappa shape index (κ3) is 5.75. The fourth-order valence-corrected chi connectivity index (χ4v) is 3.90. The minimum absolute atomic E-state index is 0.106. The van der Waals surface area contributed by atoms with Gasteiger partial charge in [-0.1, -0.05) is 18.2 Å². The van der Waals surface area contributed by atoms with E-state index in [1.165, 1.54) is 12.1 Å². The maximum Gasteiger partial charge on any atom is 0.416 e. The average molecular weight is 467 g/mol. The van der Waals surface area contributed by atoms with Crippen LogP contribution in [0.3, 0.4) is 0 Å². The summed E-state index contributed by atoms with van der Waals surface area (Å²) in [5, 5.41) is 6.20. The van der Waals surface area contributed by atoms with Crippen LogP contribution < -0.4 is 10.6 Å². The molecule has 0 atom stereocenters. The Morgan fingerprint density at radius 3 is 1.91 bits per heavy atom. The highest BCUT2D eigenvalue weighted by molar-refractivity contribution is 5.95. The van der Waals surface area contributed by atoms with Gasteiger partial charge in [-0.05, 0) is 73.5 Å². The number of hydrogen-bond acceptors (Lipinski definition) is 3. The predicted molar refractivity (Wildman–Crippen MR) is 125 cm³/mol. The van der Waals surface area contributed by atoms with Crippen LogP contribution in [0.2, 0.25) is 0 Å². The van der Waals surface area contributed by atoms with Crippen LogP contribution in [0.5, 0.6) is 0 Å². The van der Waals surface area contributed by atoms with Gasteiger partial charge in [0.15, 0.2) is 0 Å². The van der Waals surface area contributed by atoms with Crippen LogP contribution in [-0.2, 0) is 11.0 Å². The number of nitrogens with one attached hydrogen (secondary N) is 2. The summed E-state index contributed by atoms with van der Waals surface area (Å²) in [6.45, 7) is 0.746. The fourth-order valence-electron chi connectivity index (χ4n) is 3.90. The molecule has 0 saturated carbocycles. The number of carbonyl (C=O) groups is 2. The molecule has 34 heavy (non-hydrogen) atoms. The van der Waals surface area contributed by atoms with E-state index in [0.29, 0.717) is 31.6 Å². The number of benzene rings is 3. The van der Waals surface area contributed by atoms with E-state index >= 15 is 0 Å². The molecule has 5 nitrogen and oxygen atoms in total. The van der Waals surface area contributed by atoms with E-state index in [1.807, 2.05) is 54.6 Å². The van der Waals surface area contributed by atoms with Crippen LogP contribution in [0, 0.1) is 5.92 Å². The van der Waals surface area contributed by atoms with Crippen molar-refractivity contribution in [3.05, 3.63) is 90.0 Å². The number of alkyl halides is 3. The molecule has 0 spiro atoms. The zero-order chi connectivity index (χ0) is 24.1. The summed E-state index contributed by atoms with van der Waals surface area (Å²) in [6, 6.07) is 21.4. The van der Waals surface area contributed by atoms with Gasteiger partial charge in [-0.3, -0.25) is 9.59 Å². The summed E-state index contributed by atoms with van der Waals surface area (Å²) in [6.07, 6.45) is -3.45. The van der Waals surface area contributed by atoms with Crippen LogP contribution >= 0.6 is 0 Å². The van der Waals surface area contributed by atoms with E-state index < -0.39 is 11.7 Å². The zero-order valence-corrected chi connectivity index (χ0v) is 18.3. The van der Waals surface area contributed by atoms with Crippen molar-refractivity contribution >= 4 is 28.9 Å². The van der Waals surface area contributed by atoms with Gasteiger partial charge in [-0.15, -0.1) is 0 Å². The van der Waals surface area contributed by atoms with Gasteiger partial charge >= 0.3 is 6.18 Å². The Balaban J connectivity index is 1.27. The molecule has 1 heterocycles. The third-order valence-corrected chi connectivity index (χ3v) is 5.83. The second kappa shape index (κ2) is 9.99. The number of para-hydroxylation sites is 1. The summed E-state index contributed by atoms with van der Waals surface area (Å²) >= 11 is 0. The van der Waals surface area contributed by atoms with Gasteiger partial charge < -0.3 is 15.5 Å². The van der Waals surface area contributed by atoms with Gasteiger partial charge in [0, 0.05) is 41.6 Å². The Morgan fingerprint density at radius 1 is 0.765 bits per heavy atom. The fraction of sp³-hybridized carbons (Fsp3) is 0.231. The lowest BCUT2D eigenvalue weighted by Crippen LogP contribution is -2.41. The molecule has 1 fully saturated rings. The number of amides is 2. The molecular formula is C26H24F3N3O2. The molecule has 2 amide bonds. The molecule has 4 rings (SSSR count). The first-order valence-corrected chi connectivity index (χ1v) is 11.0. The zero-order valence-electron chi connectivity index (χ0n) is 18.3. The highest BCUT2D eigenvalue weighted by Crippen LogP contribution is 2.29. The standard InChI is InChI=1S/C26H24F3N3O2/c27-26(28,29)20-8-6-19(7-9-20)25(34)32-16-14-18(15-17-32)24(33)31-23-12-10-22(11-13-23)30-21-4-2-1-3-5-21/h1-13,18,30H,14-17H2,(H,31,33). The van der Waals surface area contributed by atoms with Crippen molar-refractivity contribution in [3.8, 4) is 0 Å². The molecule has 3 aromatic carbocycles. The van der Waals surface area contributed by atoms with E-state index in [0.717, 1.165) is 23.5 Å². The number of halogens is 3. The Labute approximate surface area is 195 Å². The van der Waals surface area contributed by atoms with Crippen molar-refractivity contribution in [1.29, 1.82) is 0 Å². The van der Waals surface area contributed by atoms with Gasteiger partial charge in [-0.2, -0.15) is 13.2 Å². The first-order chi connectivity index (χ1) is 16.3. The maximum absolute atomic E-state index is 12.7. The van der Waals surface area contributed by atoms with Crippen molar-refractivity contribution in [1.82, 2.24) is 4.90 Å². The lowest BCUT2D eigenvalue weighted by Gasteiger charge is -2.31. The van der Waals surface area contributed by atoms with Crippen LogP contribution in [0.15, 0.2) is 78.9 Å². The number of rotatable bonds is 5. The molecule has 3 aromatic rings. The van der Waals surface area contributed by atoms with Gasteiger partial charge in [0.1, 0.15) is 0 Å². The summed E-state index contributed by atoms with van der Waals surface area (Å²) in [5.74, 6) is -0.668. The minimum Gasteiger partial charge on any atom is -0.356 e. The molecule has 1 aliphatic heterocycles. The van der Waals surface area contributed by atoms with Crippen LogP contribution in [-0.4, -0.2) is 29.8 Å². The van der Waals surface area contributed by atoms with Crippen LogP contribution in [0.1, 0.15) is 28.8 Å². The summed E-state index contributed by atoms with van der Waals surface area (Å²) in [5.41, 5.74) is 1.98. The number of piperidine rings is 1. The van der Waals surface area contributed by atoms with E-state index in [4.69, 9.17) is 0 Å². The van der Waals surface area contributed by atoms with E-state index in [9.17, 15) is 22.8 Å². The minimum atomic E-state index is -4.44. The summed E-state index contributed by atoms with van der Waals surface area (Å²) < 4.78 is 38.2. The number of hydrogen-bond donors (Lipinski definition) is 2. The molecule has 2 N–H and O–H groups in total. The largest absolute Gasteiger partial charge is 0.416 e. The molecule has 0 radical (unpaired) electrons. The highest BCUT2D eigenvalue weighted by Gasteiger charge is 2.31. The Bertz CT molecular complexity index is 1120. The third-order valence-electron chi connectivity index (χ3n) is 5.83. The Kier molecular flexibility index (Phi) is 6.86. The van der Waals surface area contributed by atoms with Crippen molar-refractivity contribution in [2.24, 2.45) is 5.92 Å². The quantitative estimate of drug-likeness (QED) is 0.488. The number of anilines is 3. The lowest BCUT2D eigenvalue weighted by atomic mass is 9.95. The monoisotopic (exact) mass is 467 g/mol. The van der Waals surface area contributed by atoms with Gasteiger partial charge in [-0.25, -0.2) is 0 Å². The molecule has 0 bridgehead atoms. The maximum atomic E-state index is 12.7. The van der Waals surface area contributed by atoms with E-state index in [1.54, 1.807) is 4.90 Å². The normalized spacial score (nSPS) is 14.5. The van der Waals surface area contributed by atoms with Gasteiger partial charge in [0.05, 0.1) is 5.56 Å². The second-order valence-electron chi connectivity index (χ2n) is 8.20. The van der Waals surface area contributed by atoms with E-state index in [-0.39, 0.29) is 23.3 Å². The Hall–Kier alpha value is -3.81. The summed E-state index contributed by atoms with van der Waals surface area (Å²) in [7, 11) is 0. The molecule has 176 valence electrons. The summed E-state index contributed by atoms with van der Waals surface area (Å²) in [4.78, 5) is 26.9. The topological polar surface area (TPSA) is 61.4 Å². The Morgan fingerprint density at radius 2 is 1.32 bits per heavy atom. The van der Waals surface area contributed by atoms with E-state index in [2.05, 4.69) is 10.6 Å². The first kappa shape index (κ1) is 23.4. The number of nitrogens with zero attached hydrogens (tertiary/aromatic N) is 1. The number of carbonyl (C=O) groups excluding carboxylic acids is 2. The van der Waals surface area contributed by atoms with Gasteiger partial charge in [0.25, 0.3) is 5.91 Å². The molecule has 0 aliphatic carbocycles. The van der Waals surface area contributed by atoms with Crippen LogP contribution in [0.4, 0.5) is 30.2 Å². The molecule has 1 aliphatic rings. The molecule has 0 unspecified atom stereocenters. The van der Waals surface area contributed by atoms with Crippen molar-refractivity contribution in [3.63, 3.8) is 0 Å². The van der Waals surface area contributed by atoms with Gasteiger partial charge in [0.2, 0.25) is 5.91 Å². The molecule has 1 saturated heterocycles. The first-order valence-electron chi connectivity index (χ1n) is 11.0. The molecular weight excluding hydrogens is 443 g/mol. The second-order valence-corrected chi connectivity index (χ2v) is 8.20. The highest BCUT2D eigenvalue weighted by atomic mass is 19.4. The van der Waals surface area contributed by atoms with Crippen molar-refractivity contribution < 1.29 is 22.8 Å². The average Bonchev–Trinajstić information content (AvgIpc) is 2.85. The smallest absolute Gasteiger partial charge is 0.356 e. The molecule has 0 aromatic heterocycles. The lowest BCUT2D eigenvalue weighted by molar-refractivity contribution is -0.137. The van der Waals surface area contributed by atoms with Crippen molar-refractivity contribution in [2.75, 3.05) is 23.7 Å². The number of likely N-dealkylation sites (tertiary alicyclic amines) is 1. The predicted octanol–water partition coefficient (Wildman–Crippen LogP) is 5.94. The molecule has 8 heteroatoms. The van der Waals surface area contributed by atoms with Crippen molar-refractivity contribution in [2.45, 2.75) is 19.0 Å².